The van der Waals surface area contributed by atoms with Gasteiger partial charge < -0.3 is 9.47 Å². The maximum atomic E-state index is 11.0. The Hall–Kier alpha value is -1.91. The molecule has 0 amide bonds. The van der Waals surface area contributed by atoms with Crippen molar-refractivity contribution in [3.63, 3.8) is 0 Å². The molecule has 0 fully saturated rings. The van der Waals surface area contributed by atoms with E-state index in [4.69, 9.17) is 0 Å². The lowest BCUT2D eigenvalue weighted by Gasteiger charge is -1.98. The normalized spacial score (nSPS) is 9.88. The quantitative estimate of drug-likeness (QED) is 0.399. The molecule has 5 nitrogen and oxygen atoms in total. The van der Waals surface area contributed by atoms with Crippen LogP contribution in [-0.2, 0) is 23.9 Å². The van der Waals surface area contributed by atoms with Gasteiger partial charge in [0.2, 0.25) is 0 Å². The molecule has 0 bridgehead atoms. The largest absolute Gasteiger partial charge is 0.463 e. The smallest absolute Gasteiger partial charge is 0.340 e. The van der Waals surface area contributed by atoms with Crippen molar-refractivity contribution in [2.45, 2.75) is 20.3 Å². The molecule has 0 unspecified atom stereocenters. The number of rotatable bonds is 5. The van der Waals surface area contributed by atoms with Crippen molar-refractivity contribution in [2.75, 3.05) is 6.61 Å². The fourth-order valence-corrected chi connectivity index (χ4v) is 0.599. The molecule has 5 heteroatoms. The van der Waals surface area contributed by atoms with Crippen molar-refractivity contribution in [1.82, 2.24) is 0 Å². The van der Waals surface area contributed by atoms with Crippen molar-refractivity contribution in [3.05, 3.63) is 24.3 Å². The van der Waals surface area contributed by atoms with Crippen LogP contribution in [0.1, 0.15) is 20.3 Å². The van der Waals surface area contributed by atoms with Gasteiger partial charge in [-0.3, -0.25) is 0 Å². The Morgan fingerprint density at radius 3 is 2.25 bits per heavy atom. The SMILES string of the molecule is C=C(C)C(=O)OC(=O)/C=C\C(=O)OCCC. The van der Waals surface area contributed by atoms with E-state index in [1.807, 2.05) is 6.92 Å². The first-order chi connectivity index (χ1) is 7.47. The average molecular weight is 226 g/mol. The van der Waals surface area contributed by atoms with Crippen LogP contribution in [0.5, 0.6) is 0 Å². The molecule has 0 aliphatic rings. The molecular weight excluding hydrogens is 212 g/mol. The van der Waals surface area contributed by atoms with Crippen LogP contribution in [0, 0.1) is 0 Å². The van der Waals surface area contributed by atoms with Gasteiger partial charge >= 0.3 is 17.9 Å². The molecule has 0 aliphatic carbocycles. The number of carbonyl (C=O) groups is 3. The van der Waals surface area contributed by atoms with Gasteiger partial charge in [0, 0.05) is 17.7 Å². The van der Waals surface area contributed by atoms with E-state index < -0.39 is 17.9 Å². The second kappa shape index (κ2) is 7.39. The molecule has 0 heterocycles. The Morgan fingerprint density at radius 2 is 1.75 bits per heavy atom. The molecule has 0 aliphatic heterocycles. The Morgan fingerprint density at radius 1 is 1.19 bits per heavy atom. The van der Waals surface area contributed by atoms with Gasteiger partial charge in [-0.1, -0.05) is 13.5 Å². The van der Waals surface area contributed by atoms with E-state index in [0.29, 0.717) is 6.42 Å². The standard InChI is InChI=1S/C11H14O5/c1-4-7-15-9(12)5-6-10(13)16-11(14)8(2)3/h5-6H,2,4,7H2,1,3H3/b6-5-. The van der Waals surface area contributed by atoms with Gasteiger partial charge in [0.15, 0.2) is 0 Å². The summed E-state index contributed by atoms with van der Waals surface area (Å²) in [5, 5.41) is 0. The van der Waals surface area contributed by atoms with Gasteiger partial charge in [0.1, 0.15) is 0 Å². The summed E-state index contributed by atoms with van der Waals surface area (Å²) in [5.41, 5.74) is 0.107. The molecule has 0 saturated carbocycles. The highest BCUT2D eigenvalue weighted by atomic mass is 16.6. The fraction of sp³-hybridized carbons (Fsp3) is 0.364. The van der Waals surface area contributed by atoms with Crippen molar-refractivity contribution in [3.8, 4) is 0 Å². The molecule has 16 heavy (non-hydrogen) atoms. The van der Waals surface area contributed by atoms with Crippen LogP contribution in [0.4, 0.5) is 0 Å². The summed E-state index contributed by atoms with van der Waals surface area (Å²) in [6.07, 6.45) is 2.43. The summed E-state index contributed by atoms with van der Waals surface area (Å²) in [6.45, 7) is 6.84. The van der Waals surface area contributed by atoms with Crippen molar-refractivity contribution >= 4 is 17.9 Å². The zero-order chi connectivity index (χ0) is 12.6. The molecule has 0 aromatic heterocycles. The van der Waals surface area contributed by atoms with Gasteiger partial charge in [0.05, 0.1) is 6.61 Å². The third kappa shape index (κ3) is 6.53. The van der Waals surface area contributed by atoms with Crippen molar-refractivity contribution in [1.29, 1.82) is 0 Å². The lowest BCUT2D eigenvalue weighted by atomic mass is 10.4. The maximum absolute atomic E-state index is 11.0. The third-order valence-corrected chi connectivity index (χ3v) is 1.35. The summed E-state index contributed by atoms with van der Waals surface area (Å²) in [4.78, 5) is 32.7. The number of esters is 3. The summed E-state index contributed by atoms with van der Waals surface area (Å²) in [7, 11) is 0. The van der Waals surface area contributed by atoms with Gasteiger partial charge in [-0.25, -0.2) is 14.4 Å². The predicted molar refractivity (Wildman–Crippen MR) is 56.3 cm³/mol. The van der Waals surface area contributed by atoms with E-state index in [0.717, 1.165) is 12.2 Å². The van der Waals surface area contributed by atoms with Crippen LogP contribution in [-0.4, -0.2) is 24.5 Å². The lowest BCUT2D eigenvalue weighted by molar-refractivity contribution is -0.153. The Labute approximate surface area is 93.7 Å². The molecule has 0 aromatic carbocycles. The molecule has 0 radical (unpaired) electrons. The van der Waals surface area contributed by atoms with Crippen LogP contribution in [0.15, 0.2) is 24.3 Å². The monoisotopic (exact) mass is 226 g/mol. The van der Waals surface area contributed by atoms with E-state index in [-0.39, 0.29) is 12.2 Å². The minimum atomic E-state index is -0.929. The lowest BCUT2D eigenvalue weighted by Crippen LogP contribution is -2.11. The number of ether oxygens (including phenoxy) is 2. The Kier molecular flexibility index (Phi) is 6.51. The second-order valence-electron chi connectivity index (χ2n) is 2.99. The second-order valence-corrected chi connectivity index (χ2v) is 2.99. The number of hydrogen-bond donors (Lipinski definition) is 0. The van der Waals surface area contributed by atoms with E-state index >= 15 is 0 Å². The van der Waals surface area contributed by atoms with E-state index in [9.17, 15) is 14.4 Å². The Bertz CT molecular complexity index is 327. The Balaban J connectivity index is 4.04. The minimum Gasteiger partial charge on any atom is -0.463 e. The van der Waals surface area contributed by atoms with E-state index in [1.165, 1.54) is 6.92 Å². The molecular formula is C11H14O5. The highest BCUT2D eigenvalue weighted by molar-refractivity contribution is 6.00. The topological polar surface area (TPSA) is 69.7 Å². The summed E-state index contributed by atoms with van der Waals surface area (Å²) < 4.78 is 8.95. The first-order valence-electron chi connectivity index (χ1n) is 4.73. The fourth-order valence-electron chi connectivity index (χ4n) is 0.599. The van der Waals surface area contributed by atoms with Crippen LogP contribution in [0.3, 0.4) is 0 Å². The molecule has 88 valence electrons. The van der Waals surface area contributed by atoms with Gasteiger partial charge in [-0.05, 0) is 13.3 Å². The van der Waals surface area contributed by atoms with E-state index in [2.05, 4.69) is 16.1 Å². The zero-order valence-electron chi connectivity index (χ0n) is 9.32. The summed E-state index contributed by atoms with van der Waals surface area (Å²) in [6, 6.07) is 0. The van der Waals surface area contributed by atoms with Crippen LogP contribution >= 0.6 is 0 Å². The van der Waals surface area contributed by atoms with Gasteiger partial charge in [-0.15, -0.1) is 0 Å². The first-order valence-corrected chi connectivity index (χ1v) is 4.73. The highest BCUT2D eigenvalue weighted by Crippen LogP contribution is 1.94. The summed E-state index contributed by atoms with van der Waals surface area (Å²) >= 11 is 0. The van der Waals surface area contributed by atoms with E-state index in [1.54, 1.807) is 0 Å². The molecule has 0 saturated heterocycles. The highest BCUT2D eigenvalue weighted by Gasteiger charge is 2.08. The van der Waals surface area contributed by atoms with Crippen molar-refractivity contribution < 1.29 is 23.9 Å². The van der Waals surface area contributed by atoms with Crippen LogP contribution < -0.4 is 0 Å². The molecule has 0 atom stereocenters. The number of hydrogen-bond acceptors (Lipinski definition) is 5. The third-order valence-electron chi connectivity index (χ3n) is 1.35. The first kappa shape index (κ1) is 14.1. The average Bonchev–Trinajstić information content (AvgIpc) is 2.23. The molecule has 0 N–H and O–H groups in total. The number of carbonyl (C=O) groups excluding carboxylic acids is 3. The van der Waals surface area contributed by atoms with Crippen LogP contribution in [0.25, 0.3) is 0 Å². The van der Waals surface area contributed by atoms with Crippen LogP contribution in [0.2, 0.25) is 0 Å². The molecule has 0 spiro atoms. The summed E-state index contributed by atoms with van der Waals surface area (Å²) in [5.74, 6) is -2.40. The van der Waals surface area contributed by atoms with Gasteiger partial charge in [0.25, 0.3) is 0 Å². The molecule has 0 rings (SSSR count). The maximum Gasteiger partial charge on any atom is 0.340 e. The van der Waals surface area contributed by atoms with Gasteiger partial charge in [-0.2, -0.15) is 0 Å². The zero-order valence-corrected chi connectivity index (χ0v) is 9.32. The molecule has 0 aromatic rings. The predicted octanol–water partition coefficient (Wildman–Crippen LogP) is 1.14. The van der Waals surface area contributed by atoms with Crippen molar-refractivity contribution in [2.24, 2.45) is 0 Å². The minimum absolute atomic E-state index is 0.107.